The number of fused-ring (bicyclic) bond motifs is 1. The molecule has 0 fully saturated rings. The second-order valence-electron chi connectivity index (χ2n) is 6.77. The Bertz CT molecular complexity index is 1140. The Morgan fingerprint density at radius 3 is 2.61 bits per heavy atom. The number of carbonyl (C=O) groups excluding carboxylic acids is 2. The molecular formula is C23H22N2O6. The van der Waals surface area contributed by atoms with Crippen LogP contribution in [-0.4, -0.2) is 48.3 Å². The number of hydrogen-bond acceptors (Lipinski definition) is 7. The van der Waals surface area contributed by atoms with Gasteiger partial charge in [0.1, 0.15) is 12.1 Å². The molecule has 3 aromatic rings. The molecule has 0 aliphatic carbocycles. The molecular weight excluding hydrogens is 400 g/mol. The van der Waals surface area contributed by atoms with Crippen molar-refractivity contribution in [2.45, 2.75) is 6.61 Å². The third-order valence-electron chi connectivity index (χ3n) is 4.28. The van der Waals surface area contributed by atoms with Crippen LogP contribution in [0, 0.1) is 0 Å². The summed E-state index contributed by atoms with van der Waals surface area (Å²) >= 11 is 0. The number of methoxy groups -OCH3 is 1. The maximum absolute atomic E-state index is 12.0. The molecule has 0 atom stereocenters. The maximum atomic E-state index is 12.0. The fourth-order valence-corrected chi connectivity index (χ4v) is 2.68. The van der Waals surface area contributed by atoms with Crippen LogP contribution in [0.3, 0.4) is 0 Å². The fraction of sp³-hybridized carbons (Fsp3) is 0.174. The number of phenols is 1. The van der Waals surface area contributed by atoms with Crippen LogP contribution in [0.25, 0.3) is 17.0 Å². The zero-order chi connectivity index (χ0) is 22.4. The number of aromatic hydroxyl groups is 1. The van der Waals surface area contributed by atoms with Crippen LogP contribution >= 0.6 is 0 Å². The molecule has 0 unspecified atom stereocenters. The highest BCUT2D eigenvalue weighted by molar-refractivity contribution is 5.88. The zero-order valence-electron chi connectivity index (χ0n) is 17.4. The Balaban J connectivity index is 1.68. The molecule has 0 radical (unpaired) electrons. The molecule has 1 amide bonds. The van der Waals surface area contributed by atoms with Gasteiger partial charge in [-0.05, 0) is 35.9 Å². The van der Waals surface area contributed by atoms with E-state index in [4.69, 9.17) is 14.2 Å². The van der Waals surface area contributed by atoms with Crippen molar-refractivity contribution in [3.05, 3.63) is 65.9 Å². The lowest BCUT2D eigenvalue weighted by Gasteiger charge is -2.12. The van der Waals surface area contributed by atoms with Crippen molar-refractivity contribution in [1.29, 1.82) is 0 Å². The topological polar surface area (TPSA) is 98.2 Å². The number of ether oxygens (including phenoxy) is 3. The van der Waals surface area contributed by atoms with Gasteiger partial charge in [0.05, 0.1) is 12.8 Å². The molecule has 0 bridgehead atoms. The first-order valence-corrected chi connectivity index (χ1v) is 9.37. The Morgan fingerprint density at radius 1 is 1.10 bits per heavy atom. The number of rotatable bonds is 6. The van der Waals surface area contributed by atoms with E-state index in [0.717, 1.165) is 5.39 Å². The molecule has 0 saturated carbocycles. The standard InChI is InChI=1S/C23H22N2O6/c1-25(2)23(28)31-20-6-4-5-16-9-10-17(24-22(16)20)14-30-21(27)12-8-15-7-11-19(29-3)18(26)13-15/h4-13,26H,14H2,1-3H3/b12-8+. The average Bonchev–Trinajstić information content (AvgIpc) is 2.76. The number of aromatic nitrogens is 1. The number of pyridine rings is 1. The lowest BCUT2D eigenvalue weighted by molar-refractivity contribution is -0.139. The first kappa shape index (κ1) is 21.6. The minimum atomic E-state index is -0.565. The van der Waals surface area contributed by atoms with Gasteiger partial charge in [0, 0.05) is 25.6 Å². The van der Waals surface area contributed by atoms with E-state index >= 15 is 0 Å². The molecule has 0 aliphatic heterocycles. The number of para-hydroxylation sites is 1. The van der Waals surface area contributed by atoms with Crippen molar-refractivity contribution in [1.82, 2.24) is 9.88 Å². The summed E-state index contributed by atoms with van der Waals surface area (Å²) in [7, 11) is 4.64. The van der Waals surface area contributed by atoms with Gasteiger partial charge in [-0.3, -0.25) is 0 Å². The minimum absolute atomic E-state index is 0.0239. The smallest absolute Gasteiger partial charge is 0.414 e. The van der Waals surface area contributed by atoms with Crippen LogP contribution in [-0.2, 0) is 16.1 Å². The molecule has 31 heavy (non-hydrogen) atoms. The molecule has 0 aliphatic rings. The summed E-state index contributed by atoms with van der Waals surface area (Å²) in [4.78, 5) is 29.7. The summed E-state index contributed by atoms with van der Waals surface area (Å²) in [6.07, 6.45) is 2.27. The highest BCUT2D eigenvalue weighted by Crippen LogP contribution is 2.27. The lowest BCUT2D eigenvalue weighted by Crippen LogP contribution is -2.25. The molecule has 0 saturated heterocycles. The van der Waals surface area contributed by atoms with Crippen LogP contribution in [0.1, 0.15) is 11.3 Å². The summed E-state index contributed by atoms with van der Waals surface area (Å²) in [5, 5.41) is 10.6. The number of nitrogens with zero attached hydrogens (tertiary/aromatic N) is 2. The number of hydrogen-bond donors (Lipinski definition) is 1. The van der Waals surface area contributed by atoms with Gasteiger partial charge in [-0.25, -0.2) is 14.6 Å². The highest BCUT2D eigenvalue weighted by Gasteiger charge is 2.12. The van der Waals surface area contributed by atoms with Crippen molar-refractivity contribution >= 4 is 29.0 Å². The summed E-state index contributed by atoms with van der Waals surface area (Å²) in [6, 6.07) is 13.6. The van der Waals surface area contributed by atoms with E-state index in [1.807, 2.05) is 12.1 Å². The van der Waals surface area contributed by atoms with Crippen LogP contribution < -0.4 is 9.47 Å². The van der Waals surface area contributed by atoms with Crippen LogP contribution in [0.2, 0.25) is 0 Å². The summed E-state index contributed by atoms with van der Waals surface area (Å²) in [6.45, 7) is -0.0526. The monoisotopic (exact) mass is 422 g/mol. The van der Waals surface area contributed by atoms with Gasteiger partial charge in [-0.15, -0.1) is 0 Å². The van der Waals surface area contributed by atoms with Gasteiger partial charge in [0.15, 0.2) is 17.2 Å². The van der Waals surface area contributed by atoms with Gasteiger partial charge in [-0.1, -0.05) is 24.3 Å². The highest BCUT2D eigenvalue weighted by atomic mass is 16.6. The van der Waals surface area contributed by atoms with E-state index in [-0.39, 0.29) is 12.4 Å². The molecule has 8 heteroatoms. The molecule has 3 rings (SSSR count). The molecule has 1 N–H and O–H groups in total. The summed E-state index contributed by atoms with van der Waals surface area (Å²) in [5.41, 5.74) is 1.62. The minimum Gasteiger partial charge on any atom is -0.504 e. The van der Waals surface area contributed by atoms with Crippen LogP contribution in [0.15, 0.2) is 54.6 Å². The average molecular weight is 422 g/mol. The molecule has 8 nitrogen and oxygen atoms in total. The van der Waals surface area contributed by atoms with Crippen molar-refractivity contribution in [3.63, 3.8) is 0 Å². The molecule has 1 heterocycles. The maximum Gasteiger partial charge on any atom is 0.414 e. The quantitative estimate of drug-likeness (QED) is 0.477. The van der Waals surface area contributed by atoms with Gasteiger partial charge >= 0.3 is 12.1 Å². The van der Waals surface area contributed by atoms with E-state index in [0.29, 0.717) is 28.3 Å². The van der Waals surface area contributed by atoms with Crippen molar-refractivity contribution < 1.29 is 28.9 Å². The van der Waals surface area contributed by atoms with Gasteiger partial charge < -0.3 is 24.2 Å². The Morgan fingerprint density at radius 2 is 1.90 bits per heavy atom. The third-order valence-corrected chi connectivity index (χ3v) is 4.28. The van der Waals surface area contributed by atoms with Crippen molar-refractivity contribution in [2.75, 3.05) is 21.2 Å². The first-order valence-electron chi connectivity index (χ1n) is 9.37. The van der Waals surface area contributed by atoms with E-state index in [9.17, 15) is 14.7 Å². The van der Waals surface area contributed by atoms with Crippen molar-refractivity contribution in [2.24, 2.45) is 0 Å². The van der Waals surface area contributed by atoms with Crippen LogP contribution in [0.4, 0.5) is 4.79 Å². The summed E-state index contributed by atoms with van der Waals surface area (Å²) < 4.78 is 15.6. The normalized spacial score (nSPS) is 10.8. The zero-order valence-corrected chi connectivity index (χ0v) is 17.4. The predicted molar refractivity (Wildman–Crippen MR) is 115 cm³/mol. The predicted octanol–water partition coefficient (Wildman–Crippen LogP) is 3.77. The number of benzene rings is 2. The number of carbonyl (C=O) groups is 2. The first-order chi connectivity index (χ1) is 14.9. The van der Waals surface area contributed by atoms with Crippen molar-refractivity contribution in [3.8, 4) is 17.2 Å². The SMILES string of the molecule is COc1ccc(/C=C/C(=O)OCc2ccc3cccc(OC(=O)N(C)C)c3n2)cc1O. The Labute approximate surface area is 179 Å². The second kappa shape index (κ2) is 9.62. The van der Waals surface area contributed by atoms with Gasteiger partial charge in [-0.2, -0.15) is 0 Å². The van der Waals surface area contributed by atoms with Gasteiger partial charge in [0.2, 0.25) is 0 Å². The molecule has 0 spiro atoms. The Kier molecular flexibility index (Phi) is 6.71. The Hall–Kier alpha value is -4.07. The van der Waals surface area contributed by atoms with Crippen LogP contribution in [0.5, 0.6) is 17.2 Å². The second-order valence-corrected chi connectivity index (χ2v) is 6.77. The number of esters is 1. The summed E-state index contributed by atoms with van der Waals surface area (Å²) in [5.74, 6) is 0.0787. The van der Waals surface area contributed by atoms with E-state index < -0.39 is 12.1 Å². The van der Waals surface area contributed by atoms with E-state index in [2.05, 4.69) is 4.98 Å². The van der Waals surface area contributed by atoms with Gasteiger partial charge in [0.25, 0.3) is 0 Å². The van der Waals surface area contributed by atoms with E-state index in [1.54, 1.807) is 44.4 Å². The number of amides is 1. The molecule has 160 valence electrons. The lowest BCUT2D eigenvalue weighted by atomic mass is 10.2. The fourth-order valence-electron chi connectivity index (χ4n) is 2.68. The largest absolute Gasteiger partial charge is 0.504 e. The molecule has 1 aromatic heterocycles. The van der Waals surface area contributed by atoms with E-state index in [1.165, 1.54) is 30.2 Å². The number of phenolic OH excluding ortho intramolecular Hbond substituents is 1. The molecule has 2 aromatic carbocycles. The third kappa shape index (κ3) is 5.51.